The van der Waals surface area contributed by atoms with Gasteiger partial charge >= 0.3 is 0 Å². The summed E-state index contributed by atoms with van der Waals surface area (Å²) in [4.78, 5) is 0.169. The summed E-state index contributed by atoms with van der Waals surface area (Å²) >= 11 is 0. The zero-order chi connectivity index (χ0) is 17.2. The number of nitrogens with one attached hydrogen (secondary N) is 1. The first kappa shape index (κ1) is 16.8. The summed E-state index contributed by atoms with van der Waals surface area (Å²) < 4.78 is 39.0. The largest absolute Gasteiger partial charge is 0.493 e. The van der Waals surface area contributed by atoms with Crippen molar-refractivity contribution in [2.75, 3.05) is 14.2 Å². The molecule has 0 spiro atoms. The van der Waals surface area contributed by atoms with Gasteiger partial charge in [-0.05, 0) is 37.0 Å². The van der Waals surface area contributed by atoms with Crippen LogP contribution >= 0.6 is 0 Å². The molecule has 0 radical (unpaired) electrons. The maximum absolute atomic E-state index is 12.9. The summed E-state index contributed by atoms with van der Waals surface area (Å²) in [5.41, 5.74) is 0.480. The molecular formula is C18H21NO4S. The predicted molar refractivity (Wildman–Crippen MR) is 91.8 cm³/mol. The highest BCUT2D eigenvalue weighted by molar-refractivity contribution is 7.89. The molecule has 1 N–H and O–H groups in total. The van der Waals surface area contributed by atoms with E-state index < -0.39 is 15.6 Å². The normalized spacial score (nSPS) is 16.2. The standard InChI is InChI=1S/C18H21NO4S/c1-22-16-10-9-15(13-17(16)23-2)24(20,21)19-18(11-6-12-18)14-7-4-3-5-8-14/h3-5,7-10,13,19H,6,11-12H2,1-2H3. The Morgan fingerprint density at radius 1 is 0.958 bits per heavy atom. The highest BCUT2D eigenvalue weighted by Crippen LogP contribution is 2.42. The monoisotopic (exact) mass is 347 g/mol. The molecule has 1 aliphatic carbocycles. The van der Waals surface area contributed by atoms with Crippen LogP contribution in [0.25, 0.3) is 0 Å². The Hall–Kier alpha value is -2.05. The molecule has 5 nitrogen and oxygen atoms in total. The minimum atomic E-state index is -3.67. The Bertz CT molecular complexity index is 814. The minimum Gasteiger partial charge on any atom is -0.493 e. The molecule has 24 heavy (non-hydrogen) atoms. The summed E-state index contributed by atoms with van der Waals surface area (Å²) in [5.74, 6) is 0.889. The van der Waals surface area contributed by atoms with E-state index in [1.54, 1.807) is 6.07 Å². The van der Waals surface area contributed by atoms with Crippen molar-refractivity contribution in [1.82, 2.24) is 4.72 Å². The van der Waals surface area contributed by atoms with Crippen molar-refractivity contribution in [3.8, 4) is 11.5 Å². The first-order chi connectivity index (χ1) is 11.5. The van der Waals surface area contributed by atoms with Gasteiger partial charge in [-0.2, -0.15) is 0 Å². The second-order valence-corrected chi connectivity index (χ2v) is 7.61. The highest BCUT2D eigenvalue weighted by Gasteiger charge is 2.42. The topological polar surface area (TPSA) is 64.6 Å². The maximum Gasteiger partial charge on any atom is 0.241 e. The molecule has 6 heteroatoms. The van der Waals surface area contributed by atoms with Crippen molar-refractivity contribution in [3.63, 3.8) is 0 Å². The second kappa shape index (κ2) is 6.45. The number of hydrogen-bond donors (Lipinski definition) is 1. The van der Waals surface area contributed by atoms with Crippen LogP contribution in [-0.2, 0) is 15.6 Å². The third-order valence-electron chi connectivity index (χ3n) is 4.53. The Morgan fingerprint density at radius 2 is 1.62 bits per heavy atom. The average molecular weight is 347 g/mol. The SMILES string of the molecule is COc1ccc(S(=O)(=O)NC2(c3ccccc3)CCC2)cc1OC. The number of rotatable bonds is 6. The molecule has 0 atom stereocenters. The van der Waals surface area contributed by atoms with Gasteiger partial charge in [0.15, 0.2) is 11.5 Å². The molecule has 2 aromatic carbocycles. The smallest absolute Gasteiger partial charge is 0.241 e. The van der Waals surface area contributed by atoms with Crippen molar-refractivity contribution in [1.29, 1.82) is 0 Å². The van der Waals surface area contributed by atoms with E-state index in [9.17, 15) is 8.42 Å². The van der Waals surface area contributed by atoms with Crippen LogP contribution < -0.4 is 14.2 Å². The summed E-state index contributed by atoms with van der Waals surface area (Å²) in [6, 6.07) is 14.3. The molecule has 0 aliphatic heterocycles. The van der Waals surface area contributed by atoms with E-state index in [4.69, 9.17) is 9.47 Å². The first-order valence-corrected chi connectivity index (χ1v) is 9.31. The lowest BCUT2D eigenvalue weighted by Gasteiger charge is -2.42. The molecule has 0 aromatic heterocycles. The van der Waals surface area contributed by atoms with E-state index in [1.165, 1.54) is 26.4 Å². The number of sulfonamides is 1. The molecule has 128 valence electrons. The van der Waals surface area contributed by atoms with Gasteiger partial charge in [-0.25, -0.2) is 13.1 Å². The van der Waals surface area contributed by atoms with Gasteiger partial charge in [0.1, 0.15) is 0 Å². The van der Waals surface area contributed by atoms with E-state index in [-0.39, 0.29) is 4.90 Å². The fourth-order valence-corrected chi connectivity index (χ4v) is 4.50. The zero-order valence-corrected chi connectivity index (χ0v) is 14.6. The van der Waals surface area contributed by atoms with Crippen LogP contribution in [0.2, 0.25) is 0 Å². The lowest BCUT2D eigenvalue weighted by molar-refractivity contribution is 0.224. The van der Waals surface area contributed by atoms with E-state index in [0.29, 0.717) is 11.5 Å². The molecule has 0 unspecified atom stereocenters. The molecule has 0 amide bonds. The van der Waals surface area contributed by atoms with Gasteiger partial charge in [-0.15, -0.1) is 0 Å². The lowest BCUT2D eigenvalue weighted by atomic mass is 9.73. The molecule has 0 bridgehead atoms. The zero-order valence-electron chi connectivity index (χ0n) is 13.8. The van der Waals surface area contributed by atoms with Crippen LogP contribution in [0.1, 0.15) is 24.8 Å². The summed E-state index contributed by atoms with van der Waals surface area (Å²) in [6.45, 7) is 0. The Balaban J connectivity index is 1.94. The number of methoxy groups -OCH3 is 2. The third kappa shape index (κ3) is 2.99. The molecule has 2 aromatic rings. The van der Waals surface area contributed by atoms with E-state index in [1.807, 2.05) is 30.3 Å². The van der Waals surface area contributed by atoms with Crippen molar-refractivity contribution in [2.45, 2.75) is 29.7 Å². The Kier molecular flexibility index (Phi) is 4.51. The molecule has 1 fully saturated rings. The highest BCUT2D eigenvalue weighted by atomic mass is 32.2. The second-order valence-electron chi connectivity index (χ2n) is 5.92. The fraction of sp³-hybridized carbons (Fsp3) is 0.333. The van der Waals surface area contributed by atoms with Gasteiger partial charge in [0, 0.05) is 6.07 Å². The van der Waals surface area contributed by atoms with E-state index in [2.05, 4.69) is 4.72 Å². The Labute approximate surface area is 142 Å². The van der Waals surface area contributed by atoms with Gasteiger partial charge in [-0.1, -0.05) is 30.3 Å². The summed E-state index contributed by atoms with van der Waals surface area (Å²) in [6.07, 6.45) is 2.59. The number of ether oxygens (including phenoxy) is 2. The van der Waals surface area contributed by atoms with Crippen LogP contribution in [0.15, 0.2) is 53.4 Å². The van der Waals surface area contributed by atoms with Gasteiger partial charge in [0.2, 0.25) is 10.0 Å². The quantitative estimate of drug-likeness (QED) is 0.872. The van der Waals surface area contributed by atoms with Gasteiger partial charge in [0.05, 0.1) is 24.7 Å². The van der Waals surface area contributed by atoms with Crippen LogP contribution in [0.5, 0.6) is 11.5 Å². The van der Waals surface area contributed by atoms with Crippen LogP contribution in [0, 0.1) is 0 Å². The van der Waals surface area contributed by atoms with Crippen molar-refractivity contribution in [3.05, 3.63) is 54.1 Å². The Morgan fingerprint density at radius 3 is 2.17 bits per heavy atom. The minimum absolute atomic E-state index is 0.169. The van der Waals surface area contributed by atoms with Crippen LogP contribution in [0.3, 0.4) is 0 Å². The molecule has 0 saturated heterocycles. The van der Waals surface area contributed by atoms with Crippen molar-refractivity contribution < 1.29 is 17.9 Å². The van der Waals surface area contributed by atoms with Crippen molar-refractivity contribution in [2.24, 2.45) is 0 Å². The van der Waals surface area contributed by atoms with Gasteiger partial charge in [0.25, 0.3) is 0 Å². The number of hydrogen-bond acceptors (Lipinski definition) is 4. The van der Waals surface area contributed by atoms with E-state index in [0.717, 1.165) is 24.8 Å². The van der Waals surface area contributed by atoms with Gasteiger partial charge in [-0.3, -0.25) is 0 Å². The number of benzene rings is 2. The third-order valence-corrected chi connectivity index (χ3v) is 6.06. The van der Waals surface area contributed by atoms with Crippen molar-refractivity contribution >= 4 is 10.0 Å². The molecular weight excluding hydrogens is 326 g/mol. The fourth-order valence-electron chi connectivity index (χ4n) is 3.04. The van der Waals surface area contributed by atoms with Gasteiger partial charge < -0.3 is 9.47 Å². The summed E-state index contributed by atoms with van der Waals surface area (Å²) in [7, 11) is -0.668. The van der Waals surface area contributed by atoms with E-state index >= 15 is 0 Å². The molecule has 1 aliphatic rings. The lowest BCUT2D eigenvalue weighted by Crippen LogP contribution is -2.50. The van der Waals surface area contributed by atoms with Crippen LogP contribution in [0.4, 0.5) is 0 Å². The molecule has 0 heterocycles. The predicted octanol–water partition coefficient (Wildman–Crippen LogP) is 3.06. The molecule has 1 saturated carbocycles. The summed E-state index contributed by atoms with van der Waals surface area (Å²) in [5, 5.41) is 0. The molecule has 3 rings (SSSR count). The maximum atomic E-state index is 12.9. The first-order valence-electron chi connectivity index (χ1n) is 7.82. The average Bonchev–Trinajstić information content (AvgIpc) is 2.58. The van der Waals surface area contributed by atoms with Crippen LogP contribution in [-0.4, -0.2) is 22.6 Å².